The van der Waals surface area contributed by atoms with Gasteiger partial charge >= 0.3 is 6.18 Å². The minimum atomic E-state index is -4.65. The zero-order valence-corrected chi connectivity index (χ0v) is 14.1. The molecular formula is C21H15F3N2O. The maximum absolute atomic E-state index is 13.5. The molecule has 0 aromatic heterocycles. The van der Waals surface area contributed by atoms with E-state index >= 15 is 0 Å². The Hall–Kier alpha value is -3.33. The van der Waals surface area contributed by atoms with Crippen molar-refractivity contribution in [1.29, 1.82) is 5.26 Å². The van der Waals surface area contributed by atoms with Crippen LogP contribution in [0.4, 0.5) is 13.2 Å². The molecule has 0 aliphatic carbocycles. The van der Waals surface area contributed by atoms with E-state index in [1.807, 2.05) is 0 Å². The van der Waals surface area contributed by atoms with Crippen molar-refractivity contribution in [2.75, 3.05) is 6.54 Å². The van der Waals surface area contributed by atoms with E-state index in [9.17, 15) is 23.2 Å². The number of carbonyl (C=O) groups is 1. The molecule has 0 spiro atoms. The largest absolute Gasteiger partial charge is 0.417 e. The van der Waals surface area contributed by atoms with Gasteiger partial charge < -0.3 is 9.69 Å². The number of rotatable bonds is 4. The van der Waals surface area contributed by atoms with E-state index in [4.69, 9.17) is 0 Å². The van der Waals surface area contributed by atoms with Gasteiger partial charge in [-0.05, 0) is 17.2 Å². The fourth-order valence-corrected chi connectivity index (χ4v) is 3.08. The van der Waals surface area contributed by atoms with E-state index in [0.29, 0.717) is 17.4 Å². The van der Waals surface area contributed by atoms with Crippen molar-refractivity contribution >= 4 is 12.0 Å². The molecule has 0 N–H and O–H groups in total. The number of hydrogen-bond donors (Lipinski definition) is 0. The molecule has 3 nitrogen and oxygen atoms in total. The molecule has 2 aromatic carbocycles. The maximum atomic E-state index is 13.5. The molecule has 1 heterocycles. The highest BCUT2D eigenvalue weighted by atomic mass is 19.4. The van der Waals surface area contributed by atoms with Gasteiger partial charge in [-0.1, -0.05) is 60.7 Å². The number of hydrogen-bond acceptors (Lipinski definition) is 3. The number of benzene rings is 2. The standard InChI is InChI=1S/C21H15F3N2O/c22-21(23,24)18-11-19(15-7-3-1-4-8-15)26(13-17(18)12-25)20(14-27)16-9-5-2-6-10-16/h1-11,14,20H,13H2. The van der Waals surface area contributed by atoms with Crippen LogP contribution in [-0.4, -0.2) is 23.9 Å². The molecule has 6 heteroatoms. The summed E-state index contributed by atoms with van der Waals surface area (Å²) in [6.07, 6.45) is -3.02. The van der Waals surface area contributed by atoms with Gasteiger partial charge in [0, 0.05) is 5.70 Å². The number of nitrogens with zero attached hydrogens (tertiary/aromatic N) is 2. The molecule has 2 aromatic rings. The number of halogens is 3. The molecule has 0 amide bonds. The Balaban J connectivity index is 2.17. The highest BCUT2D eigenvalue weighted by molar-refractivity contribution is 5.75. The quantitative estimate of drug-likeness (QED) is 0.737. The van der Waals surface area contributed by atoms with Gasteiger partial charge in [0.2, 0.25) is 0 Å². The minimum absolute atomic E-state index is 0.253. The third-order valence-electron chi connectivity index (χ3n) is 4.36. The number of alkyl halides is 3. The van der Waals surface area contributed by atoms with Crippen LogP contribution in [0.5, 0.6) is 0 Å². The predicted molar refractivity (Wildman–Crippen MR) is 95.1 cm³/mol. The lowest BCUT2D eigenvalue weighted by Crippen LogP contribution is -2.34. The fraction of sp³-hybridized carbons (Fsp3) is 0.143. The molecule has 0 saturated carbocycles. The van der Waals surface area contributed by atoms with Gasteiger partial charge in [-0.15, -0.1) is 0 Å². The smallest absolute Gasteiger partial charge is 0.352 e. The normalized spacial score (nSPS) is 15.8. The molecule has 0 radical (unpaired) electrons. The van der Waals surface area contributed by atoms with E-state index in [1.54, 1.807) is 66.7 Å². The first-order valence-electron chi connectivity index (χ1n) is 8.20. The summed E-state index contributed by atoms with van der Waals surface area (Å²) in [5.41, 5.74) is 0.0479. The summed E-state index contributed by atoms with van der Waals surface area (Å²) in [6, 6.07) is 18.1. The number of carbonyl (C=O) groups excluding carboxylic acids is 1. The first kappa shape index (κ1) is 18.5. The second-order valence-electron chi connectivity index (χ2n) is 6.02. The number of nitriles is 1. The Kier molecular flexibility index (Phi) is 5.13. The van der Waals surface area contributed by atoms with E-state index in [2.05, 4.69) is 0 Å². The minimum Gasteiger partial charge on any atom is -0.352 e. The number of aldehydes is 1. The molecule has 0 fully saturated rings. The number of allylic oxidation sites excluding steroid dienone is 2. The molecule has 1 aliphatic heterocycles. The van der Waals surface area contributed by atoms with Crippen LogP contribution in [-0.2, 0) is 4.79 Å². The van der Waals surface area contributed by atoms with Gasteiger partial charge in [0.25, 0.3) is 0 Å². The summed E-state index contributed by atoms with van der Waals surface area (Å²) >= 11 is 0. The van der Waals surface area contributed by atoms with Crippen LogP contribution in [0.3, 0.4) is 0 Å². The zero-order chi connectivity index (χ0) is 19.4. The zero-order valence-electron chi connectivity index (χ0n) is 14.1. The van der Waals surface area contributed by atoms with Crippen LogP contribution in [0, 0.1) is 11.3 Å². The highest BCUT2D eigenvalue weighted by Gasteiger charge is 2.40. The second kappa shape index (κ2) is 7.50. The lowest BCUT2D eigenvalue weighted by Gasteiger charge is -2.36. The summed E-state index contributed by atoms with van der Waals surface area (Å²) in [4.78, 5) is 13.4. The lowest BCUT2D eigenvalue weighted by molar-refractivity contribution is -0.111. The summed E-state index contributed by atoms with van der Waals surface area (Å²) in [5.74, 6) is 0. The van der Waals surface area contributed by atoms with Crippen LogP contribution in [0.2, 0.25) is 0 Å². The molecular weight excluding hydrogens is 353 g/mol. The molecule has 3 rings (SSSR count). The van der Waals surface area contributed by atoms with Crippen molar-refractivity contribution in [3.63, 3.8) is 0 Å². The first-order valence-corrected chi connectivity index (χ1v) is 8.20. The van der Waals surface area contributed by atoms with Gasteiger partial charge in [0.05, 0.1) is 23.8 Å². The molecule has 27 heavy (non-hydrogen) atoms. The average Bonchev–Trinajstić information content (AvgIpc) is 2.69. The van der Waals surface area contributed by atoms with Crippen molar-refractivity contribution in [2.24, 2.45) is 0 Å². The third kappa shape index (κ3) is 3.77. The van der Waals surface area contributed by atoms with Crippen LogP contribution in [0.15, 0.2) is 77.9 Å². The SMILES string of the molecule is N#CC1=C(C(F)(F)F)C=C(c2ccccc2)N(C(C=O)c2ccccc2)C1. The molecule has 136 valence electrons. The van der Waals surface area contributed by atoms with E-state index in [1.165, 1.54) is 4.90 Å². The van der Waals surface area contributed by atoms with Gasteiger partial charge in [0.1, 0.15) is 12.3 Å². The monoisotopic (exact) mass is 368 g/mol. The van der Waals surface area contributed by atoms with Crippen molar-refractivity contribution < 1.29 is 18.0 Å². The topological polar surface area (TPSA) is 44.1 Å². The van der Waals surface area contributed by atoms with Crippen LogP contribution >= 0.6 is 0 Å². The molecule has 1 atom stereocenters. The summed E-state index contributed by atoms with van der Waals surface area (Å²) < 4.78 is 40.4. The Morgan fingerprint density at radius 3 is 2.15 bits per heavy atom. The molecule has 0 saturated heterocycles. The van der Waals surface area contributed by atoms with Gasteiger partial charge in [-0.2, -0.15) is 18.4 Å². The van der Waals surface area contributed by atoms with E-state index in [-0.39, 0.29) is 12.2 Å². The highest BCUT2D eigenvalue weighted by Crippen LogP contribution is 2.39. The summed E-state index contributed by atoms with van der Waals surface area (Å²) in [5, 5.41) is 9.27. The van der Waals surface area contributed by atoms with Crippen LogP contribution < -0.4 is 0 Å². The Labute approximate surface area is 154 Å². The van der Waals surface area contributed by atoms with Crippen LogP contribution in [0.25, 0.3) is 5.70 Å². The third-order valence-corrected chi connectivity index (χ3v) is 4.36. The molecule has 1 unspecified atom stereocenters. The van der Waals surface area contributed by atoms with E-state index < -0.39 is 23.4 Å². The summed E-state index contributed by atoms with van der Waals surface area (Å²) in [6.45, 7) is -0.301. The Morgan fingerprint density at radius 2 is 1.63 bits per heavy atom. The van der Waals surface area contributed by atoms with Crippen molar-refractivity contribution in [3.8, 4) is 6.07 Å². The van der Waals surface area contributed by atoms with Crippen LogP contribution in [0.1, 0.15) is 17.2 Å². The van der Waals surface area contributed by atoms with Gasteiger partial charge in [0.15, 0.2) is 0 Å². The molecule has 0 bridgehead atoms. The Morgan fingerprint density at radius 1 is 1.04 bits per heavy atom. The first-order chi connectivity index (χ1) is 13.0. The molecule has 1 aliphatic rings. The summed E-state index contributed by atoms with van der Waals surface area (Å²) in [7, 11) is 0. The van der Waals surface area contributed by atoms with Crippen molar-refractivity contribution in [3.05, 3.63) is 89.0 Å². The van der Waals surface area contributed by atoms with Crippen molar-refractivity contribution in [1.82, 2.24) is 4.90 Å². The van der Waals surface area contributed by atoms with Gasteiger partial charge in [-0.3, -0.25) is 0 Å². The predicted octanol–water partition coefficient (Wildman–Crippen LogP) is 4.67. The maximum Gasteiger partial charge on any atom is 0.417 e. The van der Waals surface area contributed by atoms with E-state index in [0.717, 1.165) is 6.08 Å². The van der Waals surface area contributed by atoms with Gasteiger partial charge in [-0.25, -0.2) is 0 Å². The second-order valence-corrected chi connectivity index (χ2v) is 6.02. The Bertz CT molecular complexity index is 925. The average molecular weight is 368 g/mol. The van der Waals surface area contributed by atoms with Crippen molar-refractivity contribution in [2.45, 2.75) is 12.2 Å². The lowest BCUT2D eigenvalue weighted by atomic mass is 9.95. The fourth-order valence-electron chi connectivity index (χ4n) is 3.08.